The predicted octanol–water partition coefficient (Wildman–Crippen LogP) is 4.72. The molecule has 0 N–H and O–H groups in total. The molecule has 0 radical (unpaired) electrons. The normalized spacial score (nSPS) is 21.7. The second-order valence-electron chi connectivity index (χ2n) is 7.10. The number of hydrogen-bond donors (Lipinski definition) is 0. The van der Waals surface area contributed by atoms with Gasteiger partial charge in [0.15, 0.2) is 0 Å². The van der Waals surface area contributed by atoms with Crippen LogP contribution < -0.4 is 4.74 Å². The molecule has 0 fully saturated rings. The van der Waals surface area contributed by atoms with Gasteiger partial charge in [-0.25, -0.2) is 0 Å². The van der Waals surface area contributed by atoms with Crippen LogP contribution in [0.5, 0.6) is 5.75 Å². The average molecular weight is 413 g/mol. The molecule has 0 aromatic heterocycles. The first-order chi connectivity index (χ1) is 11.1. The van der Waals surface area contributed by atoms with Crippen LogP contribution in [-0.2, 0) is 17.8 Å². The summed E-state index contributed by atoms with van der Waals surface area (Å²) in [6.07, 6.45) is 0.642. The Balaban J connectivity index is 2.42. The standard InChI is InChI=1S/C16H21BrN4O2S/c1-10(20-24(22)15(2,3)4)13-7-12(17)6-11-8-16(5,9-19-21-18)23-14(11)13/h6-7H,8-9H2,1-5H3. The molecule has 6 nitrogen and oxygen atoms in total. The molecule has 1 aromatic carbocycles. The number of fused-ring (bicyclic) bond motifs is 1. The molecule has 1 heterocycles. The molecule has 1 aliphatic rings. The maximum atomic E-state index is 12.3. The van der Waals surface area contributed by atoms with Gasteiger partial charge in [0, 0.05) is 21.4 Å². The second kappa shape index (κ2) is 6.96. The van der Waals surface area contributed by atoms with E-state index in [9.17, 15) is 4.55 Å². The summed E-state index contributed by atoms with van der Waals surface area (Å²) in [4.78, 5) is 2.82. The van der Waals surface area contributed by atoms with Crippen molar-refractivity contribution >= 4 is 33.0 Å². The van der Waals surface area contributed by atoms with Crippen LogP contribution in [0.15, 0.2) is 26.1 Å². The van der Waals surface area contributed by atoms with E-state index >= 15 is 0 Å². The number of halogens is 1. The molecule has 0 saturated heterocycles. The minimum absolute atomic E-state index is 0.249. The summed E-state index contributed by atoms with van der Waals surface area (Å²) in [5.74, 6) is 0.723. The van der Waals surface area contributed by atoms with Gasteiger partial charge in [-0.3, -0.25) is 0 Å². The van der Waals surface area contributed by atoms with Gasteiger partial charge in [0.2, 0.25) is 0 Å². The van der Waals surface area contributed by atoms with E-state index in [4.69, 9.17) is 10.3 Å². The molecule has 1 aliphatic heterocycles. The van der Waals surface area contributed by atoms with Crippen LogP contribution in [0.3, 0.4) is 0 Å². The zero-order chi connectivity index (χ0) is 18.1. The van der Waals surface area contributed by atoms with Crippen molar-refractivity contribution in [3.63, 3.8) is 0 Å². The largest absolute Gasteiger partial charge is 0.591 e. The summed E-state index contributed by atoms with van der Waals surface area (Å²) < 4.78 is 23.3. The third-order valence-electron chi connectivity index (χ3n) is 3.65. The van der Waals surface area contributed by atoms with E-state index in [0.29, 0.717) is 12.1 Å². The Morgan fingerprint density at radius 1 is 1.50 bits per heavy atom. The van der Waals surface area contributed by atoms with Gasteiger partial charge in [-0.15, -0.1) is 0 Å². The van der Waals surface area contributed by atoms with Gasteiger partial charge in [-0.05, 0) is 57.8 Å². The van der Waals surface area contributed by atoms with E-state index in [1.165, 1.54) is 0 Å². The Bertz CT molecular complexity index is 726. The predicted molar refractivity (Wildman–Crippen MR) is 101 cm³/mol. The maximum Gasteiger partial charge on any atom is 0.144 e. The van der Waals surface area contributed by atoms with E-state index in [0.717, 1.165) is 21.3 Å². The smallest absolute Gasteiger partial charge is 0.144 e. The topological polar surface area (TPSA) is 93.4 Å². The lowest BCUT2D eigenvalue weighted by atomic mass is 9.98. The summed E-state index contributed by atoms with van der Waals surface area (Å²) in [6, 6.07) is 3.91. The molecular formula is C16H21BrN4O2S. The van der Waals surface area contributed by atoms with Crippen LogP contribution >= 0.6 is 15.9 Å². The molecule has 24 heavy (non-hydrogen) atoms. The Labute approximate surface area is 153 Å². The van der Waals surface area contributed by atoms with Crippen LogP contribution in [0, 0.1) is 0 Å². The van der Waals surface area contributed by atoms with Crippen LogP contribution in [0.4, 0.5) is 0 Å². The molecule has 8 heteroatoms. The Morgan fingerprint density at radius 3 is 2.75 bits per heavy atom. The van der Waals surface area contributed by atoms with Crippen molar-refractivity contribution in [1.82, 2.24) is 0 Å². The molecule has 0 spiro atoms. The van der Waals surface area contributed by atoms with Crippen molar-refractivity contribution < 1.29 is 9.29 Å². The molecule has 2 atom stereocenters. The van der Waals surface area contributed by atoms with Gasteiger partial charge in [-0.2, -0.15) is 0 Å². The van der Waals surface area contributed by atoms with E-state index in [1.54, 1.807) is 0 Å². The molecule has 2 rings (SSSR count). The number of hydrogen-bond acceptors (Lipinski definition) is 4. The average Bonchev–Trinajstić information content (AvgIpc) is 2.79. The van der Waals surface area contributed by atoms with Crippen LogP contribution in [0.1, 0.15) is 45.7 Å². The minimum atomic E-state index is -1.34. The van der Waals surface area contributed by atoms with Crippen molar-refractivity contribution in [2.75, 3.05) is 6.54 Å². The molecule has 1 aromatic rings. The lowest BCUT2D eigenvalue weighted by Gasteiger charge is -2.22. The monoisotopic (exact) mass is 412 g/mol. The summed E-state index contributed by atoms with van der Waals surface area (Å²) in [5, 5.41) is 3.65. The van der Waals surface area contributed by atoms with Crippen molar-refractivity contribution in [3.8, 4) is 5.75 Å². The summed E-state index contributed by atoms with van der Waals surface area (Å²) in [7, 11) is 0. The van der Waals surface area contributed by atoms with Gasteiger partial charge in [0.05, 0.1) is 12.3 Å². The summed E-state index contributed by atoms with van der Waals surface area (Å²) in [5.41, 5.74) is 10.5. The lowest BCUT2D eigenvalue weighted by Crippen LogP contribution is -2.33. The van der Waals surface area contributed by atoms with E-state index in [2.05, 4.69) is 30.4 Å². The highest BCUT2D eigenvalue weighted by Crippen LogP contribution is 2.40. The molecular weight excluding hydrogens is 392 g/mol. The zero-order valence-electron chi connectivity index (χ0n) is 14.5. The highest BCUT2D eigenvalue weighted by molar-refractivity contribution is 9.10. The molecule has 0 saturated carbocycles. The lowest BCUT2D eigenvalue weighted by molar-refractivity contribution is 0.125. The highest BCUT2D eigenvalue weighted by Gasteiger charge is 2.37. The first-order valence-electron chi connectivity index (χ1n) is 7.56. The SMILES string of the molecule is CC(=N[S+]([O-])C(C)(C)C)c1cc(Br)cc2c1OC(C)(CN=[N+]=[N-])C2. The second-order valence-corrected chi connectivity index (χ2v) is 9.92. The van der Waals surface area contributed by atoms with Crippen molar-refractivity contribution in [2.45, 2.75) is 51.4 Å². The quantitative estimate of drug-likeness (QED) is 0.235. The molecule has 2 unspecified atom stereocenters. The van der Waals surface area contributed by atoms with E-state index in [-0.39, 0.29) is 6.54 Å². The number of rotatable bonds is 4. The fourth-order valence-electron chi connectivity index (χ4n) is 2.44. The van der Waals surface area contributed by atoms with E-state index in [1.807, 2.05) is 46.8 Å². The van der Waals surface area contributed by atoms with Crippen LogP contribution in [-0.4, -0.2) is 27.2 Å². The molecule has 0 bridgehead atoms. The van der Waals surface area contributed by atoms with Crippen LogP contribution in [0.2, 0.25) is 0 Å². The number of nitrogens with zero attached hydrogens (tertiary/aromatic N) is 4. The van der Waals surface area contributed by atoms with Crippen LogP contribution in [0.25, 0.3) is 10.4 Å². The van der Waals surface area contributed by atoms with Gasteiger partial charge in [-0.1, -0.05) is 25.4 Å². The number of ether oxygens (including phenoxy) is 1. The maximum absolute atomic E-state index is 12.3. The minimum Gasteiger partial charge on any atom is -0.591 e. The number of azide groups is 1. The third kappa shape index (κ3) is 4.25. The van der Waals surface area contributed by atoms with E-state index < -0.39 is 21.7 Å². The number of benzene rings is 1. The van der Waals surface area contributed by atoms with Crippen molar-refractivity contribution in [2.24, 2.45) is 9.51 Å². The van der Waals surface area contributed by atoms with Crippen molar-refractivity contribution in [3.05, 3.63) is 38.2 Å². The Kier molecular flexibility index (Phi) is 5.54. The van der Waals surface area contributed by atoms with Gasteiger partial charge in [0.1, 0.15) is 27.5 Å². The third-order valence-corrected chi connectivity index (χ3v) is 5.59. The highest BCUT2D eigenvalue weighted by atomic mass is 79.9. The fourth-order valence-corrected chi connectivity index (χ4v) is 3.56. The fraction of sp³-hybridized carbons (Fsp3) is 0.562. The van der Waals surface area contributed by atoms with Crippen molar-refractivity contribution in [1.29, 1.82) is 0 Å². The van der Waals surface area contributed by atoms with Gasteiger partial charge >= 0.3 is 0 Å². The molecule has 0 amide bonds. The molecule has 0 aliphatic carbocycles. The summed E-state index contributed by atoms with van der Waals surface area (Å²) >= 11 is 2.17. The van der Waals surface area contributed by atoms with Gasteiger partial charge < -0.3 is 9.29 Å². The van der Waals surface area contributed by atoms with Gasteiger partial charge in [0.25, 0.3) is 0 Å². The zero-order valence-corrected chi connectivity index (χ0v) is 16.9. The Hall–Kier alpha value is -1.21. The first kappa shape index (κ1) is 19.1. The molecule has 130 valence electrons. The first-order valence-corrected chi connectivity index (χ1v) is 9.46. The summed E-state index contributed by atoms with van der Waals surface area (Å²) in [6.45, 7) is 9.66. The Morgan fingerprint density at radius 2 is 2.17 bits per heavy atom.